The molecule has 9 heteroatoms. The van der Waals surface area contributed by atoms with Gasteiger partial charge in [-0.3, -0.25) is 4.79 Å². The summed E-state index contributed by atoms with van der Waals surface area (Å²) in [7, 11) is 3.20. The Bertz CT molecular complexity index is 1250. The van der Waals surface area contributed by atoms with Crippen LogP contribution in [0.25, 0.3) is 0 Å². The predicted molar refractivity (Wildman–Crippen MR) is 122 cm³/mol. The van der Waals surface area contributed by atoms with Crippen LogP contribution in [0.2, 0.25) is 10.0 Å². The van der Waals surface area contributed by atoms with Crippen LogP contribution in [0.1, 0.15) is 35.9 Å². The highest BCUT2D eigenvalue weighted by Crippen LogP contribution is 2.45. The zero-order valence-electron chi connectivity index (χ0n) is 17.4. The number of hydrogen-bond donors (Lipinski definition) is 1. The van der Waals surface area contributed by atoms with E-state index in [0.717, 1.165) is 16.8 Å². The number of fused-ring (bicyclic) bond motifs is 1. The third-order valence-electron chi connectivity index (χ3n) is 6.00. The van der Waals surface area contributed by atoms with E-state index in [2.05, 4.69) is 15.4 Å². The molecule has 1 aliphatic carbocycles. The van der Waals surface area contributed by atoms with Gasteiger partial charge in [0.2, 0.25) is 5.95 Å². The number of anilines is 1. The van der Waals surface area contributed by atoms with E-state index in [-0.39, 0.29) is 11.7 Å². The van der Waals surface area contributed by atoms with Crippen molar-refractivity contribution in [3.05, 3.63) is 75.2 Å². The van der Waals surface area contributed by atoms with Crippen LogP contribution in [0.5, 0.6) is 11.5 Å². The van der Waals surface area contributed by atoms with E-state index in [1.807, 2.05) is 24.3 Å². The normalized spacial score (nSPS) is 19.8. The topological polar surface area (TPSA) is 78.3 Å². The van der Waals surface area contributed by atoms with Gasteiger partial charge in [0.05, 0.1) is 24.3 Å². The molecule has 1 aromatic heterocycles. The monoisotopic (exact) mass is 470 g/mol. The van der Waals surface area contributed by atoms with Crippen molar-refractivity contribution in [1.82, 2.24) is 14.8 Å². The third kappa shape index (κ3) is 3.42. The standard InChI is InChI=1S/C23H20Cl2N4O3/c1-31-19-6-4-12(10-20(19)32-2)14-8-17-21(18(30)9-14)22(29-23(28-17)26-11-27-29)13-3-5-15(24)16(25)7-13/h3-7,10-11,14,22H,8-9H2,1-2H3,(H,26,27,28). The Morgan fingerprint density at radius 3 is 2.53 bits per heavy atom. The van der Waals surface area contributed by atoms with Gasteiger partial charge < -0.3 is 14.8 Å². The van der Waals surface area contributed by atoms with E-state index in [1.54, 1.807) is 31.0 Å². The lowest BCUT2D eigenvalue weighted by Crippen LogP contribution is -2.33. The van der Waals surface area contributed by atoms with Crippen LogP contribution in [0, 0.1) is 0 Å². The van der Waals surface area contributed by atoms with Crippen molar-refractivity contribution in [2.75, 3.05) is 19.5 Å². The van der Waals surface area contributed by atoms with Crippen molar-refractivity contribution in [2.24, 2.45) is 0 Å². The fraction of sp³-hybridized carbons (Fsp3) is 0.261. The van der Waals surface area contributed by atoms with Crippen LogP contribution in [0.15, 0.2) is 54.0 Å². The Morgan fingerprint density at radius 1 is 1.00 bits per heavy atom. The summed E-state index contributed by atoms with van der Waals surface area (Å²) in [6.45, 7) is 0. The highest BCUT2D eigenvalue weighted by Gasteiger charge is 2.39. The molecule has 0 fully saturated rings. The van der Waals surface area contributed by atoms with Gasteiger partial charge in [-0.1, -0.05) is 35.3 Å². The van der Waals surface area contributed by atoms with Gasteiger partial charge in [-0.05, 0) is 47.7 Å². The van der Waals surface area contributed by atoms with Crippen molar-refractivity contribution >= 4 is 34.9 Å². The number of carbonyl (C=O) groups is 1. The van der Waals surface area contributed by atoms with E-state index in [9.17, 15) is 4.79 Å². The van der Waals surface area contributed by atoms with Gasteiger partial charge in [0, 0.05) is 17.7 Å². The lowest BCUT2D eigenvalue weighted by atomic mass is 9.78. The highest BCUT2D eigenvalue weighted by atomic mass is 35.5. The first kappa shape index (κ1) is 20.8. The molecule has 0 bridgehead atoms. The van der Waals surface area contributed by atoms with Crippen LogP contribution < -0.4 is 14.8 Å². The summed E-state index contributed by atoms with van der Waals surface area (Å²) in [6.07, 6.45) is 2.50. The lowest BCUT2D eigenvalue weighted by Gasteiger charge is -2.35. The number of ether oxygens (including phenoxy) is 2. The van der Waals surface area contributed by atoms with Gasteiger partial charge in [0.15, 0.2) is 17.3 Å². The molecule has 1 aliphatic heterocycles. The number of nitrogens with zero attached hydrogens (tertiary/aromatic N) is 3. The second-order valence-electron chi connectivity index (χ2n) is 7.76. The molecule has 0 saturated carbocycles. The number of ketones is 1. The fourth-order valence-electron chi connectivity index (χ4n) is 4.48. The minimum absolute atomic E-state index is 0.00233. The summed E-state index contributed by atoms with van der Waals surface area (Å²) in [6, 6.07) is 10.7. The van der Waals surface area contributed by atoms with Crippen molar-refractivity contribution in [2.45, 2.75) is 24.8 Å². The number of halogens is 2. The number of benzene rings is 2. The van der Waals surface area contributed by atoms with E-state index in [4.69, 9.17) is 32.7 Å². The molecule has 1 N–H and O–H groups in total. The minimum atomic E-state index is -0.419. The number of nitrogens with one attached hydrogen (secondary N) is 1. The van der Waals surface area contributed by atoms with Crippen LogP contribution in [-0.2, 0) is 4.79 Å². The number of allylic oxidation sites excluding steroid dienone is 2. The zero-order valence-corrected chi connectivity index (χ0v) is 18.9. The minimum Gasteiger partial charge on any atom is -0.493 e. The molecule has 164 valence electrons. The van der Waals surface area contributed by atoms with E-state index >= 15 is 0 Å². The second kappa shape index (κ2) is 8.15. The molecule has 2 unspecified atom stereocenters. The Balaban J connectivity index is 1.56. The van der Waals surface area contributed by atoms with Crippen molar-refractivity contribution in [3.63, 3.8) is 0 Å². The quantitative estimate of drug-likeness (QED) is 0.576. The largest absolute Gasteiger partial charge is 0.493 e. The summed E-state index contributed by atoms with van der Waals surface area (Å²) in [5.41, 5.74) is 3.37. The molecule has 0 radical (unpaired) electrons. The molecule has 7 nitrogen and oxygen atoms in total. The van der Waals surface area contributed by atoms with Crippen LogP contribution in [0.4, 0.5) is 5.95 Å². The zero-order chi connectivity index (χ0) is 22.4. The molecular formula is C23H20Cl2N4O3. The lowest BCUT2D eigenvalue weighted by molar-refractivity contribution is -0.116. The van der Waals surface area contributed by atoms with Crippen LogP contribution in [-0.4, -0.2) is 34.8 Å². The van der Waals surface area contributed by atoms with E-state index < -0.39 is 6.04 Å². The number of Topliss-reactive ketones (excluding diaryl/α,β-unsaturated/α-hetero) is 1. The number of rotatable bonds is 4. The maximum atomic E-state index is 13.5. The molecule has 2 heterocycles. The molecular weight excluding hydrogens is 451 g/mol. The first-order valence-corrected chi connectivity index (χ1v) is 10.9. The van der Waals surface area contributed by atoms with E-state index in [0.29, 0.717) is 45.9 Å². The first-order chi connectivity index (χ1) is 15.5. The summed E-state index contributed by atoms with van der Waals surface area (Å²) >= 11 is 12.4. The molecule has 32 heavy (non-hydrogen) atoms. The Kier molecular flexibility index (Phi) is 5.31. The summed E-state index contributed by atoms with van der Waals surface area (Å²) < 4.78 is 12.5. The van der Waals surface area contributed by atoms with Gasteiger partial charge in [-0.15, -0.1) is 0 Å². The number of aromatic nitrogens is 3. The molecule has 0 spiro atoms. The Hall–Kier alpha value is -3.03. The molecule has 2 aromatic carbocycles. The molecule has 5 rings (SSSR count). The van der Waals surface area contributed by atoms with Gasteiger partial charge >= 0.3 is 0 Å². The summed E-state index contributed by atoms with van der Waals surface area (Å²) in [5.74, 6) is 1.93. The molecule has 2 aliphatic rings. The van der Waals surface area contributed by atoms with Gasteiger partial charge in [-0.25, -0.2) is 4.68 Å². The Morgan fingerprint density at radius 2 is 1.78 bits per heavy atom. The SMILES string of the molecule is COc1ccc(C2CC(=O)C3=C(C2)Nc2ncnn2C3c2ccc(Cl)c(Cl)c2)cc1OC. The smallest absolute Gasteiger partial charge is 0.226 e. The van der Waals surface area contributed by atoms with Gasteiger partial charge in [0.25, 0.3) is 0 Å². The number of hydrogen-bond acceptors (Lipinski definition) is 6. The third-order valence-corrected chi connectivity index (χ3v) is 6.74. The van der Waals surface area contributed by atoms with Crippen molar-refractivity contribution < 1.29 is 14.3 Å². The molecule has 0 amide bonds. The molecule has 2 atom stereocenters. The summed E-state index contributed by atoms with van der Waals surface area (Å²) in [5, 5.41) is 8.57. The van der Waals surface area contributed by atoms with Gasteiger partial charge in [-0.2, -0.15) is 10.1 Å². The van der Waals surface area contributed by atoms with Crippen LogP contribution in [0.3, 0.4) is 0 Å². The second-order valence-corrected chi connectivity index (χ2v) is 8.58. The van der Waals surface area contributed by atoms with Crippen LogP contribution >= 0.6 is 23.2 Å². The van der Waals surface area contributed by atoms with Gasteiger partial charge in [0.1, 0.15) is 12.4 Å². The molecule has 3 aromatic rings. The number of methoxy groups -OCH3 is 2. The first-order valence-electron chi connectivity index (χ1n) is 10.1. The maximum Gasteiger partial charge on any atom is 0.226 e. The molecule has 0 saturated heterocycles. The number of carbonyl (C=O) groups excluding carboxylic acids is 1. The summed E-state index contributed by atoms with van der Waals surface area (Å²) in [4.78, 5) is 17.8. The average Bonchev–Trinajstić information content (AvgIpc) is 3.27. The fourth-order valence-corrected chi connectivity index (χ4v) is 4.79. The van der Waals surface area contributed by atoms with Crippen molar-refractivity contribution in [1.29, 1.82) is 0 Å². The predicted octanol–water partition coefficient (Wildman–Crippen LogP) is 5.02. The van der Waals surface area contributed by atoms with E-state index in [1.165, 1.54) is 6.33 Å². The average molecular weight is 471 g/mol. The van der Waals surface area contributed by atoms with Crippen molar-refractivity contribution in [3.8, 4) is 11.5 Å². The maximum absolute atomic E-state index is 13.5. The highest BCUT2D eigenvalue weighted by molar-refractivity contribution is 6.42. The Labute approximate surface area is 195 Å².